The van der Waals surface area contributed by atoms with Gasteiger partial charge in [-0.3, -0.25) is 0 Å². The van der Waals surface area contributed by atoms with Gasteiger partial charge >= 0.3 is 0 Å². The summed E-state index contributed by atoms with van der Waals surface area (Å²) in [6, 6.07) is 0.755. The minimum Gasteiger partial charge on any atom is -0.301 e. The molecule has 3 unspecified atom stereocenters. The maximum absolute atomic E-state index is 2.68. The minimum absolute atomic E-state index is 0.755. The molecule has 2 aliphatic rings. The van der Waals surface area contributed by atoms with E-state index in [0.717, 1.165) is 23.8 Å². The first-order valence-electron chi connectivity index (χ1n) is 6.42. The average Bonchev–Trinajstić information content (AvgIpc) is 2.18. The molecule has 1 aliphatic carbocycles. The highest BCUT2D eigenvalue weighted by atomic mass is 15.2. The molecule has 0 amide bonds. The maximum Gasteiger partial charge on any atom is 0.00387 e. The average molecular weight is 195 g/mol. The first-order valence-corrected chi connectivity index (χ1v) is 6.42. The molecule has 1 heterocycles. The molecule has 0 aromatic rings. The Kier molecular flexibility index (Phi) is 3.16. The van der Waals surface area contributed by atoms with Gasteiger partial charge in [0, 0.05) is 12.6 Å². The predicted molar refractivity (Wildman–Crippen MR) is 61.3 cm³/mol. The molecular formula is C13H25N. The van der Waals surface area contributed by atoms with E-state index in [1.807, 2.05) is 0 Å². The normalized spacial score (nSPS) is 39.9. The quantitative estimate of drug-likeness (QED) is 0.621. The zero-order valence-corrected chi connectivity index (χ0v) is 10.00. The molecule has 1 saturated heterocycles. The van der Waals surface area contributed by atoms with E-state index < -0.39 is 0 Å². The van der Waals surface area contributed by atoms with Crippen LogP contribution in [0.25, 0.3) is 0 Å². The van der Waals surface area contributed by atoms with Crippen molar-refractivity contribution in [2.45, 2.75) is 52.5 Å². The van der Waals surface area contributed by atoms with Crippen molar-refractivity contribution in [3.05, 3.63) is 0 Å². The topological polar surface area (TPSA) is 3.24 Å². The lowest BCUT2D eigenvalue weighted by molar-refractivity contribution is 0.0360. The first kappa shape index (κ1) is 10.5. The highest BCUT2D eigenvalue weighted by Gasteiger charge is 2.35. The SMILES string of the molecule is CC1CCCC2CCN(C(C)C)CC12. The molecule has 0 aromatic heterocycles. The minimum atomic E-state index is 0.755. The van der Waals surface area contributed by atoms with Crippen LogP contribution in [0.2, 0.25) is 0 Å². The van der Waals surface area contributed by atoms with Crippen LogP contribution in [0.1, 0.15) is 46.5 Å². The number of likely N-dealkylation sites (tertiary alicyclic amines) is 1. The summed E-state index contributed by atoms with van der Waals surface area (Å²) in [6.45, 7) is 9.89. The Morgan fingerprint density at radius 1 is 1.14 bits per heavy atom. The summed E-state index contributed by atoms with van der Waals surface area (Å²) in [6.07, 6.45) is 5.95. The molecule has 1 heteroatoms. The van der Waals surface area contributed by atoms with Gasteiger partial charge in [-0.25, -0.2) is 0 Å². The number of nitrogens with zero attached hydrogens (tertiary/aromatic N) is 1. The fourth-order valence-corrected chi connectivity index (χ4v) is 3.44. The standard InChI is InChI=1S/C13H25N/c1-10(2)14-8-7-12-6-4-5-11(3)13(12)9-14/h10-13H,4-9H2,1-3H3. The molecular weight excluding hydrogens is 170 g/mol. The lowest BCUT2D eigenvalue weighted by Gasteiger charge is -2.45. The second kappa shape index (κ2) is 4.22. The summed E-state index contributed by atoms with van der Waals surface area (Å²) in [4.78, 5) is 2.68. The summed E-state index contributed by atoms with van der Waals surface area (Å²) in [5.74, 6) is 3.06. The van der Waals surface area contributed by atoms with Crippen LogP contribution in [-0.4, -0.2) is 24.0 Å². The van der Waals surface area contributed by atoms with Gasteiger partial charge in [0.05, 0.1) is 0 Å². The summed E-state index contributed by atoms with van der Waals surface area (Å²) >= 11 is 0. The van der Waals surface area contributed by atoms with Crippen molar-refractivity contribution in [1.82, 2.24) is 4.90 Å². The van der Waals surface area contributed by atoms with Gasteiger partial charge in [-0.1, -0.05) is 26.2 Å². The lowest BCUT2D eigenvalue weighted by atomic mass is 9.69. The molecule has 2 rings (SSSR count). The van der Waals surface area contributed by atoms with Gasteiger partial charge < -0.3 is 4.90 Å². The van der Waals surface area contributed by atoms with E-state index in [9.17, 15) is 0 Å². The summed E-state index contributed by atoms with van der Waals surface area (Å²) in [5, 5.41) is 0. The van der Waals surface area contributed by atoms with E-state index in [2.05, 4.69) is 25.7 Å². The fraction of sp³-hybridized carbons (Fsp3) is 1.00. The fourth-order valence-electron chi connectivity index (χ4n) is 3.44. The highest BCUT2D eigenvalue weighted by Crippen LogP contribution is 2.39. The summed E-state index contributed by atoms with van der Waals surface area (Å²) < 4.78 is 0. The van der Waals surface area contributed by atoms with Crippen LogP contribution in [0.5, 0.6) is 0 Å². The van der Waals surface area contributed by atoms with Crippen LogP contribution in [-0.2, 0) is 0 Å². The molecule has 3 atom stereocenters. The highest BCUT2D eigenvalue weighted by molar-refractivity contribution is 4.87. The molecule has 1 nitrogen and oxygen atoms in total. The van der Waals surface area contributed by atoms with Gasteiger partial charge in [0.15, 0.2) is 0 Å². The van der Waals surface area contributed by atoms with E-state index in [0.29, 0.717) is 0 Å². The third kappa shape index (κ3) is 1.98. The maximum atomic E-state index is 2.68. The van der Waals surface area contributed by atoms with Crippen LogP contribution in [0.15, 0.2) is 0 Å². The van der Waals surface area contributed by atoms with Gasteiger partial charge in [-0.15, -0.1) is 0 Å². The Hall–Kier alpha value is -0.0400. The van der Waals surface area contributed by atoms with Crippen LogP contribution in [0.3, 0.4) is 0 Å². The van der Waals surface area contributed by atoms with E-state index >= 15 is 0 Å². The molecule has 2 fully saturated rings. The summed E-state index contributed by atoms with van der Waals surface area (Å²) in [5.41, 5.74) is 0. The Labute approximate surface area is 88.9 Å². The van der Waals surface area contributed by atoms with Gasteiger partial charge in [0.25, 0.3) is 0 Å². The number of hydrogen-bond donors (Lipinski definition) is 0. The number of rotatable bonds is 1. The zero-order chi connectivity index (χ0) is 10.1. The van der Waals surface area contributed by atoms with E-state index in [1.165, 1.54) is 38.8 Å². The summed E-state index contributed by atoms with van der Waals surface area (Å²) in [7, 11) is 0. The Morgan fingerprint density at radius 3 is 2.64 bits per heavy atom. The molecule has 1 aliphatic heterocycles. The number of fused-ring (bicyclic) bond motifs is 1. The van der Waals surface area contributed by atoms with Gasteiger partial charge in [0.2, 0.25) is 0 Å². The zero-order valence-electron chi connectivity index (χ0n) is 10.00. The second-order valence-electron chi connectivity index (χ2n) is 5.71. The van der Waals surface area contributed by atoms with Crippen molar-refractivity contribution < 1.29 is 0 Å². The molecule has 82 valence electrons. The molecule has 14 heavy (non-hydrogen) atoms. The second-order valence-corrected chi connectivity index (χ2v) is 5.71. The monoisotopic (exact) mass is 195 g/mol. The number of hydrogen-bond acceptors (Lipinski definition) is 1. The van der Waals surface area contributed by atoms with Crippen molar-refractivity contribution in [3.8, 4) is 0 Å². The van der Waals surface area contributed by atoms with Gasteiger partial charge in [0.1, 0.15) is 0 Å². The van der Waals surface area contributed by atoms with Crippen molar-refractivity contribution in [3.63, 3.8) is 0 Å². The molecule has 0 bridgehead atoms. The molecule has 0 N–H and O–H groups in total. The predicted octanol–water partition coefficient (Wildman–Crippen LogP) is 3.15. The van der Waals surface area contributed by atoms with Crippen LogP contribution >= 0.6 is 0 Å². The third-order valence-corrected chi connectivity index (χ3v) is 4.53. The van der Waals surface area contributed by atoms with Gasteiger partial charge in [-0.2, -0.15) is 0 Å². The third-order valence-electron chi connectivity index (χ3n) is 4.53. The van der Waals surface area contributed by atoms with E-state index in [-0.39, 0.29) is 0 Å². The van der Waals surface area contributed by atoms with Gasteiger partial charge in [-0.05, 0) is 44.6 Å². The largest absolute Gasteiger partial charge is 0.301 e. The van der Waals surface area contributed by atoms with Crippen LogP contribution in [0.4, 0.5) is 0 Å². The van der Waals surface area contributed by atoms with Crippen LogP contribution in [0, 0.1) is 17.8 Å². The van der Waals surface area contributed by atoms with E-state index in [4.69, 9.17) is 0 Å². The first-order chi connectivity index (χ1) is 6.68. The van der Waals surface area contributed by atoms with Crippen LogP contribution < -0.4 is 0 Å². The van der Waals surface area contributed by atoms with Crippen molar-refractivity contribution in [2.75, 3.05) is 13.1 Å². The Bertz CT molecular complexity index is 188. The Morgan fingerprint density at radius 2 is 1.93 bits per heavy atom. The van der Waals surface area contributed by atoms with E-state index in [1.54, 1.807) is 0 Å². The molecule has 1 saturated carbocycles. The Balaban J connectivity index is 1.98. The van der Waals surface area contributed by atoms with Crippen molar-refractivity contribution in [2.24, 2.45) is 17.8 Å². The number of piperidine rings is 1. The smallest absolute Gasteiger partial charge is 0.00387 e. The molecule has 0 radical (unpaired) electrons. The molecule has 0 aromatic carbocycles. The lowest BCUT2D eigenvalue weighted by Crippen LogP contribution is -2.47. The van der Waals surface area contributed by atoms with Crippen molar-refractivity contribution >= 4 is 0 Å². The molecule has 0 spiro atoms. The van der Waals surface area contributed by atoms with Crippen molar-refractivity contribution in [1.29, 1.82) is 0 Å².